The number of amides is 1. The lowest BCUT2D eigenvalue weighted by Gasteiger charge is -2.38. The number of fused-ring (bicyclic) bond motifs is 1. The third-order valence-electron chi connectivity index (χ3n) is 6.09. The molecule has 0 fully saturated rings. The summed E-state index contributed by atoms with van der Waals surface area (Å²) in [7, 11) is 5.91. The minimum atomic E-state index is -0.288. The molecule has 180 valence electrons. The first kappa shape index (κ1) is 25.6. The summed E-state index contributed by atoms with van der Waals surface area (Å²) in [5, 5.41) is 10.9. The molecule has 1 aliphatic heterocycles. The molecule has 1 heterocycles. The normalized spacial score (nSPS) is 19.5. The van der Waals surface area contributed by atoms with E-state index in [1.54, 1.807) is 11.0 Å². The summed E-state index contributed by atoms with van der Waals surface area (Å²) in [5.74, 6) is 0.505. The summed E-state index contributed by atoms with van der Waals surface area (Å²) in [6.07, 6.45) is -0.150. The molecule has 8 heteroatoms. The number of anilines is 1. The van der Waals surface area contributed by atoms with Gasteiger partial charge in [-0.3, -0.25) is 9.69 Å². The van der Waals surface area contributed by atoms with Crippen LogP contribution in [-0.4, -0.2) is 73.8 Å². The number of carbonyl (C=O) groups is 1. The number of aliphatic hydroxyl groups is 1. The highest BCUT2D eigenvalue weighted by Gasteiger charge is 2.33. The van der Waals surface area contributed by atoms with Gasteiger partial charge in [0.15, 0.2) is 0 Å². The van der Waals surface area contributed by atoms with Crippen molar-refractivity contribution in [3.63, 3.8) is 0 Å². The monoisotopic (exact) mass is 493 g/mol. The molecule has 1 N–H and O–H groups in total. The molecule has 0 aliphatic carbocycles. The Morgan fingerprint density at radius 3 is 2.52 bits per heavy atom. The third kappa shape index (κ3) is 6.12. The van der Waals surface area contributed by atoms with Gasteiger partial charge in [-0.25, -0.2) is 0 Å². The number of ether oxygens (including phenoxy) is 1. The standard InChI is InChI=1S/C25H33Cl2N3O3/c1-16-12-30(17(2)15-31)25(32)20-11-19(28(3)4)7-9-23(20)33-24(16)14-29(5)13-18-6-8-21(26)22(27)10-18/h6-11,16-17,24,31H,12-15H2,1-5H3/t16-,17+,24+/m1/s1. The van der Waals surface area contributed by atoms with Crippen LogP contribution in [-0.2, 0) is 6.54 Å². The quantitative estimate of drug-likeness (QED) is 0.618. The second-order valence-electron chi connectivity index (χ2n) is 9.14. The van der Waals surface area contributed by atoms with Gasteiger partial charge in [0.25, 0.3) is 5.91 Å². The molecule has 33 heavy (non-hydrogen) atoms. The zero-order chi connectivity index (χ0) is 24.3. The van der Waals surface area contributed by atoms with Crippen LogP contribution in [0.5, 0.6) is 5.75 Å². The minimum absolute atomic E-state index is 0.0564. The van der Waals surface area contributed by atoms with E-state index in [2.05, 4.69) is 11.8 Å². The molecule has 0 radical (unpaired) electrons. The Morgan fingerprint density at radius 2 is 1.88 bits per heavy atom. The Kier molecular flexibility index (Phi) is 8.51. The fraction of sp³-hybridized carbons (Fsp3) is 0.480. The molecule has 3 rings (SSSR count). The van der Waals surface area contributed by atoms with Crippen molar-refractivity contribution in [1.29, 1.82) is 0 Å². The summed E-state index contributed by atoms with van der Waals surface area (Å²) < 4.78 is 6.45. The summed E-state index contributed by atoms with van der Waals surface area (Å²) in [4.78, 5) is 19.3. The SMILES string of the molecule is C[C@@H]1CN([C@@H](C)CO)C(=O)c2cc(N(C)C)ccc2O[C@H]1CN(C)Cc1ccc(Cl)c(Cl)c1. The summed E-state index contributed by atoms with van der Waals surface area (Å²) >= 11 is 12.2. The average Bonchev–Trinajstić information content (AvgIpc) is 2.77. The van der Waals surface area contributed by atoms with Gasteiger partial charge in [0.2, 0.25) is 0 Å². The van der Waals surface area contributed by atoms with Gasteiger partial charge in [0.05, 0.1) is 28.3 Å². The fourth-order valence-electron chi connectivity index (χ4n) is 4.03. The van der Waals surface area contributed by atoms with Gasteiger partial charge in [-0.1, -0.05) is 36.2 Å². The minimum Gasteiger partial charge on any atom is -0.488 e. The third-order valence-corrected chi connectivity index (χ3v) is 6.83. The van der Waals surface area contributed by atoms with Crippen LogP contribution in [0.3, 0.4) is 0 Å². The lowest BCUT2D eigenvalue weighted by atomic mass is 9.99. The van der Waals surface area contributed by atoms with Crippen LogP contribution in [0.15, 0.2) is 36.4 Å². The molecule has 0 aromatic heterocycles. The molecule has 2 aromatic rings. The second-order valence-corrected chi connectivity index (χ2v) is 9.96. The van der Waals surface area contributed by atoms with Crippen LogP contribution in [0.4, 0.5) is 5.69 Å². The Hall–Kier alpha value is -1.99. The average molecular weight is 494 g/mol. The first-order chi connectivity index (χ1) is 15.6. The number of rotatable bonds is 7. The van der Waals surface area contributed by atoms with Crippen LogP contribution in [0.1, 0.15) is 29.8 Å². The van der Waals surface area contributed by atoms with E-state index in [9.17, 15) is 9.90 Å². The highest BCUT2D eigenvalue weighted by molar-refractivity contribution is 6.42. The van der Waals surface area contributed by atoms with E-state index in [4.69, 9.17) is 27.9 Å². The van der Waals surface area contributed by atoms with E-state index in [0.717, 1.165) is 11.3 Å². The first-order valence-corrected chi connectivity index (χ1v) is 11.9. The predicted molar refractivity (Wildman–Crippen MR) is 135 cm³/mol. The Morgan fingerprint density at radius 1 is 1.15 bits per heavy atom. The number of hydrogen-bond donors (Lipinski definition) is 1. The molecule has 3 atom stereocenters. The molecule has 0 saturated carbocycles. The van der Waals surface area contributed by atoms with Crippen molar-refractivity contribution in [3.8, 4) is 5.75 Å². The molecule has 0 unspecified atom stereocenters. The number of nitrogens with zero attached hydrogens (tertiary/aromatic N) is 3. The first-order valence-electron chi connectivity index (χ1n) is 11.1. The topological polar surface area (TPSA) is 56.3 Å². The van der Waals surface area contributed by atoms with Gasteiger partial charge in [-0.2, -0.15) is 0 Å². The van der Waals surface area contributed by atoms with Crippen LogP contribution < -0.4 is 9.64 Å². The largest absolute Gasteiger partial charge is 0.488 e. The highest BCUT2D eigenvalue weighted by atomic mass is 35.5. The summed E-state index contributed by atoms with van der Waals surface area (Å²) in [6, 6.07) is 11.0. The van der Waals surface area contributed by atoms with E-state index in [1.165, 1.54) is 0 Å². The summed E-state index contributed by atoms with van der Waals surface area (Å²) in [6.45, 7) is 5.70. The summed E-state index contributed by atoms with van der Waals surface area (Å²) in [5.41, 5.74) is 2.50. The molecule has 1 aliphatic rings. The van der Waals surface area contributed by atoms with Gasteiger partial charge < -0.3 is 19.6 Å². The van der Waals surface area contributed by atoms with Crippen molar-refractivity contribution in [2.24, 2.45) is 5.92 Å². The smallest absolute Gasteiger partial charge is 0.258 e. The number of benzene rings is 2. The van der Waals surface area contributed by atoms with Gasteiger partial charge in [0, 0.05) is 45.3 Å². The maximum Gasteiger partial charge on any atom is 0.258 e. The number of aliphatic hydroxyl groups excluding tert-OH is 1. The highest BCUT2D eigenvalue weighted by Crippen LogP contribution is 2.31. The fourth-order valence-corrected chi connectivity index (χ4v) is 4.35. The maximum atomic E-state index is 13.4. The Labute approximate surface area is 206 Å². The number of halogens is 2. The van der Waals surface area contributed by atoms with Crippen molar-refractivity contribution in [2.45, 2.75) is 32.5 Å². The van der Waals surface area contributed by atoms with Crippen LogP contribution in [0, 0.1) is 5.92 Å². The molecule has 0 saturated heterocycles. The Balaban J connectivity index is 1.88. The predicted octanol–water partition coefficient (Wildman–Crippen LogP) is 4.41. The van der Waals surface area contributed by atoms with Crippen molar-refractivity contribution in [2.75, 3.05) is 45.7 Å². The van der Waals surface area contributed by atoms with Gasteiger partial charge in [-0.15, -0.1) is 0 Å². The second kappa shape index (κ2) is 11.0. The molecule has 0 bridgehead atoms. The van der Waals surface area contributed by atoms with Gasteiger partial charge >= 0.3 is 0 Å². The van der Waals surface area contributed by atoms with E-state index in [1.807, 2.05) is 63.3 Å². The zero-order valence-electron chi connectivity index (χ0n) is 19.9. The van der Waals surface area contributed by atoms with Crippen molar-refractivity contribution >= 4 is 34.8 Å². The molecule has 6 nitrogen and oxygen atoms in total. The lowest BCUT2D eigenvalue weighted by molar-refractivity contribution is 0.0341. The molecule has 1 amide bonds. The van der Waals surface area contributed by atoms with E-state index in [0.29, 0.717) is 41.0 Å². The number of carbonyl (C=O) groups excluding carboxylic acids is 1. The van der Waals surface area contributed by atoms with E-state index >= 15 is 0 Å². The van der Waals surface area contributed by atoms with Crippen LogP contribution >= 0.6 is 23.2 Å². The van der Waals surface area contributed by atoms with E-state index < -0.39 is 0 Å². The number of likely N-dealkylation sites (N-methyl/N-ethyl adjacent to an activating group) is 1. The Bertz CT molecular complexity index is 985. The van der Waals surface area contributed by atoms with Crippen molar-refractivity contribution in [1.82, 2.24) is 9.80 Å². The molecule has 2 aromatic carbocycles. The molecule has 0 spiro atoms. The van der Waals surface area contributed by atoms with Crippen molar-refractivity contribution in [3.05, 3.63) is 57.6 Å². The number of hydrogen-bond acceptors (Lipinski definition) is 5. The van der Waals surface area contributed by atoms with Gasteiger partial charge in [0.1, 0.15) is 11.9 Å². The van der Waals surface area contributed by atoms with E-state index in [-0.39, 0.29) is 30.6 Å². The van der Waals surface area contributed by atoms with Crippen LogP contribution in [0.2, 0.25) is 10.0 Å². The zero-order valence-corrected chi connectivity index (χ0v) is 21.4. The molecular formula is C25H33Cl2N3O3. The van der Waals surface area contributed by atoms with Gasteiger partial charge in [-0.05, 0) is 49.9 Å². The lowest BCUT2D eigenvalue weighted by Crippen LogP contribution is -2.49. The van der Waals surface area contributed by atoms with Crippen LogP contribution in [0.25, 0.3) is 0 Å². The van der Waals surface area contributed by atoms with Crippen molar-refractivity contribution < 1.29 is 14.6 Å². The molecular weight excluding hydrogens is 461 g/mol. The maximum absolute atomic E-state index is 13.4.